The second kappa shape index (κ2) is 10.6. The molecule has 1 heterocycles. The highest BCUT2D eigenvalue weighted by Crippen LogP contribution is 2.35. The number of nitrogens with zero attached hydrogens (tertiary/aromatic N) is 3. The first-order valence-corrected chi connectivity index (χ1v) is 12.2. The maximum absolute atomic E-state index is 13.6. The molecular weight excluding hydrogens is 460 g/mol. The fourth-order valence-corrected chi connectivity index (χ4v) is 4.40. The summed E-state index contributed by atoms with van der Waals surface area (Å²) in [6.45, 7) is 2.98. The minimum atomic E-state index is -0.512. The van der Waals surface area contributed by atoms with E-state index in [9.17, 15) is 13.9 Å². The van der Waals surface area contributed by atoms with Crippen LogP contribution in [-0.4, -0.2) is 38.5 Å². The van der Waals surface area contributed by atoms with E-state index in [4.69, 9.17) is 9.84 Å². The minimum absolute atomic E-state index is 0.337. The molecule has 0 unspecified atom stereocenters. The Morgan fingerprint density at radius 1 is 0.972 bits per heavy atom. The van der Waals surface area contributed by atoms with Crippen LogP contribution in [0.2, 0.25) is 0 Å². The van der Waals surface area contributed by atoms with Crippen molar-refractivity contribution in [1.82, 2.24) is 14.7 Å². The molecule has 1 fully saturated rings. The van der Waals surface area contributed by atoms with Crippen LogP contribution in [0.15, 0.2) is 78.9 Å². The highest BCUT2D eigenvalue weighted by atomic mass is 19.1. The van der Waals surface area contributed by atoms with Gasteiger partial charge < -0.3 is 9.84 Å². The number of aliphatic hydroxyl groups excluding tert-OH is 1. The number of halogens is 2. The quantitative estimate of drug-likeness (QED) is 0.305. The molecule has 0 saturated heterocycles. The molecule has 186 valence electrons. The van der Waals surface area contributed by atoms with Crippen LogP contribution in [0.4, 0.5) is 8.78 Å². The van der Waals surface area contributed by atoms with E-state index in [1.807, 2.05) is 37.3 Å². The Hall–Kier alpha value is -3.55. The maximum atomic E-state index is 13.6. The number of aryl methyl sites for hydroxylation is 1. The fourth-order valence-electron chi connectivity index (χ4n) is 4.40. The summed E-state index contributed by atoms with van der Waals surface area (Å²) in [6, 6.07) is 22.2. The van der Waals surface area contributed by atoms with Crippen molar-refractivity contribution >= 4 is 0 Å². The van der Waals surface area contributed by atoms with Crippen molar-refractivity contribution in [2.75, 3.05) is 6.54 Å². The summed E-state index contributed by atoms with van der Waals surface area (Å²) in [5.74, 6) is 0.284. The topological polar surface area (TPSA) is 50.5 Å². The lowest BCUT2D eigenvalue weighted by molar-refractivity contribution is 0.103. The van der Waals surface area contributed by atoms with E-state index in [0.29, 0.717) is 42.9 Å². The van der Waals surface area contributed by atoms with E-state index in [1.165, 1.54) is 24.3 Å². The molecule has 0 spiro atoms. The normalized spacial score (nSPS) is 14.2. The van der Waals surface area contributed by atoms with Crippen molar-refractivity contribution in [2.45, 2.75) is 44.9 Å². The van der Waals surface area contributed by atoms with E-state index in [-0.39, 0.29) is 11.6 Å². The second-order valence-corrected chi connectivity index (χ2v) is 9.32. The molecule has 1 atom stereocenters. The molecule has 1 aliphatic rings. The van der Waals surface area contributed by atoms with Crippen molar-refractivity contribution in [3.63, 3.8) is 0 Å². The van der Waals surface area contributed by atoms with Gasteiger partial charge in [0.2, 0.25) is 5.88 Å². The summed E-state index contributed by atoms with van der Waals surface area (Å²) in [6.07, 6.45) is 2.23. The number of hydrogen-bond donors (Lipinski definition) is 1. The Morgan fingerprint density at radius 3 is 2.25 bits per heavy atom. The summed E-state index contributed by atoms with van der Waals surface area (Å²) < 4.78 is 35.0. The Morgan fingerprint density at radius 2 is 1.61 bits per heavy atom. The summed E-state index contributed by atoms with van der Waals surface area (Å²) in [5, 5.41) is 15.6. The summed E-state index contributed by atoms with van der Waals surface area (Å²) in [7, 11) is 0. The number of rotatable bonds is 10. The SMILES string of the molecule is Cc1nn(-c2ccc(F)cc2)c(Oc2ccc(F)cc2)c1CN(C[C@@H](O)Cc1ccccc1)C1CC1. The highest BCUT2D eigenvalue weighted by Gasteiger charge is 2.32. The third kappa shape index (κ3) is 5.80. The van der Waals surface area contributed by atoms with E-state index < -0.39 is 6.10 Å². The lowest BCUT2D eigenvalue weighted by atomic mass is 10.1. The van der Waals surface area contributed by atoms with Crippen LogP contribution < -0.4 is 4.74 Å². The zero-order valence-electron chi connectivity index (χ0n) is 20.1. The van der Waals surface area contributed by atoms with Gasteiger partial charge in [-0.15, -0.1) is 0 Å². The molecule has 0 radical (unpaired) electrons. The molecule has 1 saturated carbocycles. The second-order valence-electron chi connectivity index (χ2n) is 9.32. The first-order chi connectivity index (χ1) is 17.5. The summed E-state index contributed by atoms with van der Waals surface area (Å²) in [5.41, 5.74) is 3.41. The summed E-state index contributed by atoms with van der Waals surface area (Å²) >= 11 is 0. The molecule has 1 aromatic heterocycles. The predicted molar refractivity (Wildman–Crippen MR) is 134 cm³/mol. The summed E-state index contributed by atoms with van der Waals surface area (Å²) in [4.78, 5) is 2.28. The largest absolute Gasteiger partial charge is 0.439 e. The van der Waals surface area contributed by atoms with Gasteiger partial charge in [0.25, 0.3) is 0 Å². The lowest BCUT2D eigenvalue weighted by Gasteiger charge is -2.25. The zero-order valence-corrected chi connectivity index (χ0v) is 20.1. The highest BCUT2D eigenvalue weighted by molar-refractivity contribution is 5.43. The zero-order chi connectivity index (χ0) is 25.1. The van der Waals surface area contributed by atoms with Gasteiger partial charge in [0.15, 0.2) is 0 Å². The smallest absolute Gasteiger partial charge is 0.227 e. The van der Waals surface area contributed by atoms with Gasteiger partial charge in [0.1, 0.15) is 17.4 Å². The Bertz CT molecular complexity index is 1290. The Balaban J connectivity index is 1.44. The molecule has 0 amide bonds. The van der Waals surface area contributed by atoms with Gasteiger partial charge in [-0.2, -0.15) is 5.10 Å². The Kier molecular flexibility index (Phi) is 7.11. The molecule has 0 aliphatic heterocycles. The standard InChI is InChI=1S/C29H29F2N3O2/c1-20-28(19-33(24-13-14-24)18-26(35)17-21-5-3-2-4-6-21)29(36-27-15-9-23(31)10-16-27)34(32-20)25-11-7-22(30)8-12-25/h2-12,15-16,24,26,35H,13-14,17-19H2,1H3/t26-/m0/s1. The van der Waals surface area contributed by atoms with Crippen LogP contribution >= 0.6 is 0 Å². The first kappa shape index (κ1) is 24.2. The van der Waals surface area contributed by atoms with Crippen molar-refractivity contribution < 1.29 is 18.6 Å². The monoisotopic (exact) mass is 489 g/mol. The van der Waals surface area contributed by atoms with Crippen molar-refractivity contribution in [3.05, 3.63) is 107 Å². The number of aromatic nitrogens is 2. The van der Waals surface area contributed by atoms with Gasteiger partial charge in [0, 0.05) is 19.1 Å². The molecule has 5 rings (SSSR count). The third-order valence-corrected chi connectivity index (χ3v) is 6.42. The first-order valence-electron chi connectivity index (χ1n) is 12.2. The molecule has 7 heteroatoms. The molecule has 4 aromatic rings. The molecular formula is C29H29F2N3O2. The van der Waals surface area contributed by atoms with E-state index in [1.54, 1.807) is 28.9 Å². The number of ether oxygens (including phenoxy) is 1. The van der Waals surface area contributed by atoms with E-state index >= 15 is 0 Å². The molecule has 36 heavy (non-hydrogen) atoms. The third-order valence-electron chi connectivity index (χ3n) is 6.42. The van der Waals surface area contributed by atoms with Crippen LogP contribution in [0.3, 0.4) is 0 Å². The number of benzene rings is 3. The Labute approximate surface area is 209 Å². The van der Waals surface area contributed by atoms with Gasteiger partial charge in [-0.05, 0) is 80.3 Å². The van der Waals surface area contributed by atoms with Crippen molar-refractivity contribution in [3.8, 4) is 17.3 Å². The lowest BCUT2D eigenvalue weighted by Crippen LogP contribution is -2.35. The van der Waals surface area contributed by atoms with Gasteiger partial charge >= 0.3 is 0 Å². The minimum Gasteiger partial charge on any atom is -0.439 e. The van der Waals surface area contributed by atoms with Gasteiger partial charge in [0.05, 0.1) is 23.0 Å². The van der Waals surface area contributed by atoms with Crippen LogP contribution in [0.5, 0.6) is 11.6 Å². The molecule has 3 aromatic carbocycles. The van der Waals surface area contributed by atoms with Gasteiger partial charge in [-0.25, -0.2) is 13.5 Å². The fraction of sp³-hybridized carbons (Fsp3) is 0.276. The van der Waals surface area contributed by atoms with Crippen LogP contribution in [0, 0.1) is 18.6 Å². The predicted octanol–water partition coefficient (Wildman–Crippen LogP) is 5.82. The molecule has 1 aliphatic carbocycles. The van der Waals surface area contributed by atoms with Crippen LogP contribution in [0.1, 0.15) is 29.7 Å². The maximum Gasteiger partial charge on any atom is 0.227 e. The molecule has 5 nitrogen and oxygen atoms in total. The average Bonchev–Trinajstić information content (AvgIpc) is 3.68. The van der Waals surface area contributed by atoms with Gasteiger partial charge in [-0.3, -0.25) is 4.90 Å². The van der Waals surface area contributed by atoms with Crippen LogP contribution in [-0.2, 0) is 13.0 Å². The van der Waals surface area contributed by atoms with Crippen molar-refractivity contribution in [2.24, 2.45) is 0 Å². The van der Waals surface area contributed by atoms with Crippen LogP contribution in [0.25, 0.3) is 5.69 Å². The van der Waals surface area contributed by atoms with E-state index in [2.05, 4.69) is 4.90 Å². The van der Waals surface area contributed by atoms with E-state index in [0.717, 1.165) is 29.7 Å². The number of aliphatic hydroxyl groups is 1. The number of hydrogen-bond acceptors (Lipinski definition) is 4. The molecule has 0 bridgehead atoms. The van der Waals surface area contributed by atoms with Crippen molar-refractivity contribution in [1.29, 1.82) is 0 Å². The molecule has 1 N–H and O–H groups in total. The average molecular weight is 490 g/mol. The van der Waals surface area contributed by atoms with Gasteiger partial charge in [-0.1, -0.05) is 30.3 Å².